The normalized spacial score (nSPS) is 23.3. The summed E-state index contributed by atoms with van der Waals surface area (Å²) in [4.78, 5) is 56.0. The summed E-state index contributed by atoms with van der Waals surface area (Å²) in [7, 11) is 0. The Balaban J connectivity index is 0.000000140. The lowest BCUT2D eigenvalue weighted by Crippen LogP contribution is -2.47. The van der Waals surface area contributed by atoms with Crippen LogP contribution in [0.15, 0.2) is 42.5 Å². The summed E-state index contributed by atoms with van der Waals surface area (Å²) >= 11 is 0. The average Bonchev–Trinajstić information content (AvgIpc) is 3.45. The zero-order valence-electron chi connectivity index (χ0n) is 17.3. The summed E-state index contributed by atoms with van der Waals surface area (Å²) < 4.78 is 0. The van der Waals surface area contributed by atoms with E-state index in [1.165, 1.54) is 12.1 Å². The molecular weight excluding hydrogens is 430 g/mol. The van der Waals surface area contributed by atoms with Crippen molar-refractivity contribution < 1.29 is 24.1 Å². The number of amides is 6. The Hall–Kier alpha value is -4.28. The van der Waals surface area contributed by atoms with Crippen LogP contribution in [0, 0.1) is 10.1 Å². The number of carbonyl (C=O) groups is 4. The Morgan fingerprint density at radius 2 is 1.15 bits per heavy atom. The predicted molar refractivity (Wildman–Crippen MR) is 113 cm³/mol. The Labute approximate surface area is 187 Å². The standard InChI is InChI=1S/C11H9N3O4.C11H10N2O2/c15-9-11(13-10(16)12-9)4-6-1-2-8(14(17)18)3-7(6)5-11;14-9-11(13-10(15)12-9)5-7-3-1-2-4-8(7)6-11/h1-3H,4-5H2,(H2,12,13,15,16);1-4H,5-6H2,(H2,12,13,14,15). The summed E-state index contributed by atoms with van der Waals surface area (Å²) in [5.74, 6) is -0.574. The summed E-state index contributed by atoms with van der Waals surface area (Å²) in [6.07, 6.45) is 1.86. The summed E-state index contributed by atoms with van der Waals surface area (Å²) in [5, 5.41) is 20.5. The number of rotatable bonds is 1. The molecule has 6 rings (SSSR count). The highest BCUT2D eigenvalue weighted by Gasteiger charge is 2.51. The smallest absolute Gasteiger partial charge is 0.322 e. The number of hydrogen-bond donors (Lipinski definition) is 4. The maximum absolute atomic E-state index is 11.8. The third-order valence-corrected chi connectivity index (χ3v) is 6.52. The number of imide groups is 2. The minimum Gasteiger partial charge on any atom is -0.323 e. The molecule has 1 atom stereocenters. The van der Waals surface area contributed by atoms with Crippen molar-refractivity contribution in [2.24, 2.45) is 0 Å². The van der Waals surface area contributed by atoms with Crippen LogP contribution >= 0.6 is 0 Å². The van der Waals surface area contributed by atoms with Gasteiger partial charge in [0.05, 0.1) is 4.92 Å². The monoisotopic (exact) mass is 449 g/mol. The molecule has 4 aliphatic rings. The summed E-state index contributed by atoms with van der Waals surface area (Å²) in [6, 6.07) is 11.5. The van der Waals surface area contributed by atoms with Gasteiger partial charge in [-0.1, -0.05) is 30.3 Å². The van der Waals surface area contributed by atoms with E-state index in [4.69, 9.17) is 0 Å². The number of nitrogens with one attached hydrogen (secondary N) is 4. The van der Waals surface area contributed by atoms with Crippen LogP contribution in [0.1, 0.15) is 22.3 Å². The van der Waals surface area contributed by atoms with Crippen molar-refractivity contribution in [3.63, 3.8) is 0 Å². The van der Waals surface area contributed by atoms with E-state index in [-0.39, 0.29) is 23.5 Å². The quantitative estimate of drug-likeness (QED) is 0.284. The van der Waals surface area contributed by atoms with E-state index in [0.717, 1.165) is 22.3 Å². The van der Waals surface area contributed by atoms with E-state index in [1.54, 1.807) is 6.07 Å². The van der Waals surface area contributed by atoms with Gasteiger partial charge in [0.1, 0.15) is 11.1 Å². The van der Waals surface area contributed by atoms with Crippen LogP contribution < -0.4 is 21.3 Å². The number of carbonyl (C=O) groups excluding carboxylic acids is 4. The SMILES string of the molecule is O=C1NC(=O)C2(Cc3ccc([N+](=O)[O-])cc3C2)N1.O=C1NC(=O)C2(Cc3ccccc3C2)N1. The minimum absolute atomic E-state index is 0.00414. The second kappa shape index (κ2) is 7.12. The fourth-order valence-electron chi connectivity index (χ4n) is 4.94. The molecule has 11 heteroatoms. The van der Waals surface area contributed by atoms with E-state index < -0.39 is 22.0 Å². The molecule has 0 aromatic heterocycles. The van der Waals surface area contributed by atoms with Crippen LogP contribution in [0.4, 0.5) is 15.3 Å². The largest absolute Gasteiger partial charge is 0.323 e. The van der Waals surface area contributed by atoms with Crippen LogP contribution in [-0.4, -0.2) is 39.9 Å². The van der Waals surface area contributed by atoms with E-state index in [0.29, 0.717) is 25.7 Å². The molecule has 2 aliphatic carbocycles. The number of hydrogen-bond acceptors (Lipinski definition) is 6. The number of urea groups is 2. The van der Waals surface area contributed by atoms with Crippen LogP contribution in [0.5, 0.6) is 0 Å². The van der Waals surface area contributed by atoms with Gasteiger partial charge in [-0.15, -0.1) is 0 Å². The first-order valence-electron chi connectivity index (χ1n) is 10.3. The van der Waals surface area contributed by atoms with E-state index >= 15 is 0 Å². The highest BCUT2D eigenvalue weighted by Crippen LogP contribution is 2.34. The van der Waals surface area contributed by atoms with E-state index in [2.05, 4.69) is 21.3 Å². The molecule has 6 amide bonds. The molecule has 0 saturated carbocycles. The van der Waals surface area contributed by atoms with Gasteiger partial charge in [0.15, 0.2) is 0 Å². The molecule has 2 saturated heterocycles. The van der Waals surface area contributed by atoms with Gasteiger partial charge in [0.25, 0.3) is 17.5 Å². The molecule has 168 valence electrons. The van der Waals surface area contributed by atoms with Gasteiger partial charge in [-0.25, -0.2) is 9.59 Å². The van der Waals surface area contributed by atoms with Crippen molar-refractivity contribution in [1.82, 2.24) is 21.3 Å². The van der Waals surface area contributed by atoms with Gasteiger partial charge in [0, 0.05) is 37.8 Å². The molecule has 2 spiro atoms. The highest BCUT2D eigenvalue weighted by molar-refractivity contribution is 6.08. The van der Waals surface area contributed by atoms with Crippen molar-refractivity contribution >= 4 is 29.6 Å². The first-order chi connectivity index (χ1) is 15.7. The Bertz CT molecular complexity index is 1230. The highest BCUT2D eigenvalue weighted by atomic mass is 16.6. The lowest BCUT2D eigenvalue weighted by molar-refractivity contribution is -0.384. The molecule has 1 unspecified atom stereocenters. The van der Waals surface area contributed by atoms with Gasteiger partial charge in [-0.3, -0.25) is 30.3 Å². The molecule has 11 nitrogen and oxygen atoms in total. The molecule has 0 radical (unpaired) electrons. The van der Waals surface area contributed by atoms with Crippen molar-refractivity contribution in [2.45, 2.75) is 36.8 Å². The molecule has 4 N–H and O–H groups in total. The van der Waals surface area contributed by atoms with Crippen molar-refractivity contribution in [1.29, 1.82) is 0 Å². The Morgan fingerprint density at radius 3 is 1.58 bits per heavy atom. The first kappa shape index (κ1) is 20.6. The van der Waals surface area contributed by atoms with Crippen molar-refractivity contribution in [3.05, 3.63) is 74.8 Å². The maximum atomic E-state index is 11.8. The van der Waals surface area contributed by atoms with Gasteiger partial charge >= 0.3 is 12.1 Å². The molecule has 0 bridgehead atoms. The number of benzene rings is 2. The van der Waals surface area contributed by atoms with Crippen LogP contribution in [0.3, 0.4) is 0 Å². The third kappa shape index (κ3) is 3.37. The fraction of sp³-hybridized carbons (Fsp3) is 0.273. The third-order valence-electron chi connectivity index (χ3n) is 6.52. The van der Waals surface area contributed by atoms with Crippen LogP contribution in [-0.2, 0) is 35.3 Å². The number of nitro benzene ring substituents is 1. The van der Waals surface area contributed by atoms with Crippen molar-refractivity contribution in [2.75, 3.05) is 0 Å². The van der Waals surface area contributed by atoms with Crippen molar-refractivity contribution in [3.8, 4) is 0 Å². The second-order valence-corrected chi connectivity index (χ2v) is 8.67. The summed E-state index contributed by atoms with van der Waals surface area (Å²) in [6.45, 7) is 0. The van der Waals surface area contributed by atoms with E-state index in [9.17, 15) is 29.3 Å². The Kier molecular flexibility index (Phi) is 4.45. The zero-order chi connectivity index (χ0) is 23.4. The maximum Gasteiger partial charge on any atom is 0.322 e. The lowest BCUT2D eigenvalue weighted by Gasteiger charge is -2.18. The van der Waals surface area contributed by atoms with Gasteiger partial charge in [0.2, 0.25) is 0 Å². The van der Waals surface area contributed by atoms with Gasteiger partial charge in [-0.05, 0) is 22.3 Å². The molecule has 33 heavy (non-hydrogen) atoms. The zero-order valence-corrected chi connectivity index (χ0v) is 17.3. The first-order valence-corrected chi connectivity index (χ1v) is 10.3. The lowest BCUT2D eigenvalue weighted by atomic mass is 9.96. The Morgan fingerprint density at radius 1 is 0.697 bits per heavy atom. The number of non-ortho nitro benzene ring substituents is 1. The summed E-state index contributed by atoms with van der Waals surface area (Å²) in [5.41, 5.74) is 2.20. The topological polar surface area (TPSA) is 160 Å². The number of nitrogens with zero attached hydrogens (tertiary/aromatic N) is 1. The van der Waals surface area contributed by atoms with Gasteiger partial charge in [-0.2, -0.15) is 0 Å². The molecule has 2 aromatic carbocycles. The molecule has 2 heterocycles. The number of nitro groups is 1. The molecule has 2 aromatic rings. The van der Waals surface area contributed by atoms with Crippen LogP contribution in [0.2, 0.25) is 0 Å². The molecule has 2 aliphatic heterocycles. The minimum atomic E-state index is -0.964. The predicted octanol–water partition coefficient (Wildman–Crippen LogP) is 0.635. The van der Waals surface area contributed by atoms with Gasteiger partial charge < -0.3 is 10.6 Å². The van der Waals surface area contributed by atoms with Crippen LogP contribution in [0.25, 0.3) is 0 Å². The molecule has 2 fully saturated rings. The average molecular weight is 449 g/mol. The number of fused-ring (bicyclic) bond motifs is 2. The molecular formula is C22H19N5O6. The van der Waals surface area contributed by atoms with E-state index in [1.807, 2.05) is 24.3 Å². The second-order valence-electron chi connectivity index (χ2n) is 8.67. The fourth-order valence-corrected chi connectivity index (χ4v) is 4.94.